The van der Waals surface area contributed by atoms with Crippen molar-refractivity contribution in [3.8, 4) is 0 Å². The van der Waals surface area contributed by atoms with E-state index in [1.54, 1.807) is 19.1 Å². The zero-order valence-electron chi connectivity index (χ0n) is 14.0. The molecule has 1 saturated carbocycles. The van der Waals surface area contributed by atoms with E-state index >= 15 is 0 Å². The number of rotatable bonds is 7. The van der Waals surface area contributed by atoms with Gasteiger partial charge in [-0.2, -0.15) is 0 Å². The summed E-state index contributed by atoms with van der Waals surface area (Å²) in [5.74, 6) is -2.88. The molecule has 134 valence electrons. The maximum atomic E-state index is 13.3. The van der Waals surface area contributed by atoms with E-state index in [2.05, 4.69) is 5.32 Å². The molecule has 0 aliphatic heterocycles. The van der Waals surface area contributed by atoms with Crippen molar-refractivity contribution in [2.24, 2.45) is 0 Å². The number of halogens is 2. The van der Waals surface area contributed by atoms with Crippen molar-refractivity contribution in [3.63, 3.8) is 0 Å². The Morgan fingerprint density at radius 2 is 1.83 bits per heavy atom. The summed E-state index contributed by atoms with van der Waals surface area (Å²) in [5, 5.41) is 13.7. The smallest absolute Gasteiger partial charge is 0.307 e. The minimum absolute atomic E-state index is 0.0805. The summed E-state index contributed by atoms with van der Waals surface area (Å²) in [7, 11) is 0. The fraction of sp³-hybridized carbons (Fsp3) is 0.611. The average molecular weight is 341 g/mol. The first-order valence-electron chi connectivity index (χ1n) is 8.41. The monoisotopic (exact) mass is 341 g/mol. The largest absolute Gasteiger partial charge is 0.466 e. The van der Waals surface area contributed by atoms with Gasteiger partial charge in [0.25, 0.3) is 0 Å². The molecule has 0 radical (unpaired) electrons. The van der Waals surface area contributed by atoms with Crippen molar-refractivity contribution in [3.05, 3.63) is 35.4 Å². The SMILES string of the molecule is CCOC(=O)CCNCc1ccc(C2(O)CCC(F)(F)CC2)cc1. The van der Waals surface area contributed by atoms with Crippen molar-refractivity contribution in [1.29, 1.82) is 0 Å². The Balaban J connectivity index is 1.81. The molecule has 24 heavy (non-hydrogen) atoms. The van der Waals surface area contributed by atoms with Gasteiger partial charge in [-0.1, -0.05) is 24.3 Å². The van der Waals surface area contributed by atoms with Crippen LogP contribution >= 0.6 is 0 Å². The quantitative estimate of drug-likeness (QED) is 0.591. The van der Waals surface area contributed by atoms with Crippen LogP contribution in [0.5, 0.6) is 0 Å². The van der Waals surface area contributed by atoms with E-state index in [9.17, 15) is 18.7 Å². The Morgan fingerprint density at radius 1 is 1.21 bits per heavy atom. The number of alkyl halides is 2. The lowest BCUT2D eigenvalue weighted by Crippen LogP contribution is -2.36. The molecule has 1 aromatic carbocycles. The van der Waals surface area contributed by atoms with Gasteiger partial charge in [-0.15, -0.1) is 0 Å². The van der Waals surface area contributed by atoms with Crippen molar-refractivity contribution in [1.82, 2.24) is 5.32 Å². The Kier molecular flexibility index (Phi) is 6.29. The second-order valence-electron chi connectivity index (χ2n) is 6.32. The van der Waals surface area contributed by atoms with Gasteiger partial charge in [0.1, 0.15) is 0 Å². The highest BCUT2D eigenvalue weighted by atomic mass is 19.3. The molecule has 4 nitrogen and oxygen atoms in total. The number of carbonyl (C=O) groups is 1. The number of hydrogen-bond acceptors (Lipinski definition) is 4. The molecule has 0 unspecified atom stereocenters. The molecule has 0 bridgehead atoms. The van der Waals surface area contributed by atoms with E-state index in [-0.39, 0.29) is 31.7 Å². The molecule has 2 rings (SSSR count). The van der Waals surface area contributed by atoms with Crippen LogP contribution in [0, 0.1) is 0 Å². The number of ether oxygens (including phenoxy) is 1. The molecule has 1 fully saturated rings. The number of nitrogens with one attached hydrogen (secondary N) is 1. The van der Waals surface area contributed by atoms with E-state index in [0.717, 1.165) is 5.56 Å². The van der Waals surface area contributed by atoms with Crippen LogP contribution in [0.25, 0.3) is 0 Å². The van der Waals surface area contributed by atoms with Crippen LogP contribution in [-0.2, 0) is 21.7 Å². The first kappa shape index (κ1) is 18.8. The topological polar surface area (TPSA) is 58.6 Å². The molecule has 0 atom stereocenters. The fourth-order valence-electron chi connectivity index (χ4n) is 2.91. The minimum Gasteiger partial charge on any atom is -0.466 e. The van der Waals surface area contributed by atoms with Crippen LogP contribution in [-0.4, -0.2) is 30.2 Å². The highest BCUT2D eigenvalue weighted by Crippen LogP contribution is 2.43. The third kappa shape index (κ3) is 5.24. The van der Waals surface area contributed by atoms with Gasteiger partial charge in [-0.3, -0.25) is 4.79 Å². The molecule has 2 N–H and O–H groups in total. The van der Waals surface area contributed by atoms with Crippen LogP contribution in [0.15, 0.2) is 24.3 Å². The Morgan fingerprint density at radius 3 is 2.42 bits per heavy atom. The van der Waals surface area contributed by atoms with Crippen LogP contribution in [0.3, 0.4) is 0 Å². The molecule has 6 heteroatoms. The summed E-state index contributed by atoms with van der Waals surface area (Å²) in [6.07, 6.45) is -0.0739. The molecule has 0 spiro atoms. The summed E-state index contributed by atoms with van der Waals surface area (Å²) in [6, 6.07) is 7.34. The number of esters is 1. The van der Waals surface area contributed by atoms with Crippen LogP contribution in [0.2, 0.25) is 0 Å². The van der Waals surface area contributed by atoms with E-state index in [0.29, 0.717) is 31.7 Å². The third-order valence-corrected chi connectivity index (χ3v) is 4.44. The van der Waals surface area contributed by atoms with E-state index in [4.69, 9.17) is 4.74 Å². The standard InChI is InChI=1S/C18H25F2NO3/c1-2-24-16(22)7-12-21-13-14-3-5-15(6-4-14)17(23)8-10-18(19,20)11-9-17/h3-6,21,23H,2,7-13H2,1H3. The molecule has 0 saturated heterocycles. The fourth-order valence-corrected chi connectivity index (χ4v) is 2.91. The van der Waals surface area contributed by atoms with Gasteiger partial charge in [-0.25, -0.2) is 8.78 Å². The van der Waals surface area contributed by atoms with Gasteiger partial charge in [0.15, 0.2) is 0 Å². The van der Waals surface area contributed by atoms with Crippen molar-refractivity contribution in [2.75, 3.05) is 13.2 Å². The van der Waals surface area contributed by atoms with Crippen molar-refractivity contribution >= 4 is 5.97 Å². The number of aliphatic hydroxyl groups is 1. The highest BCUT2D eigenvalue weighted by molar-refractivity contribution is 5.69. The Hall–Kier alpha value is -1.53. The number of hydrogen-bond donors (Lipinski definition) is 2. The van der Waals surface area contributed by atoms with Crippen molar-refractivity contribution < 1.29 is 23.4 Å². The van der Waals surface area contributed by atoms with E-state index in [1.165, 1.54) is 0 Å². The summed E-state index contributed by atoms with van der Waals surface area (Å²) in [6.45, 7) is 3.28. The average Bonchev–Trinajstić information content (AvgIpc) is 2.56. The maximum absolute atomic E-state index is 13.3. The molecular formula is C18H25F2NO3. The predicted molar refractivity (Wildman–Crippen MR) is 86.7 cm³/mol. The predicted octanol–water partition coefficient (Wildman–Crippen LogP) is 3.13. The normalized spacial score (nSPS) is 19.0. The maximum Gasteiger partial charge on any atom is 0.307 e. The zero-order valence-corrected chi connectivity index (χ0v) is 14.0. The minimum atomic E-state index is -2.66. The molecular weight excluding hydrogens is 316 g/mol. The van der Waals surface area contributed by atoms with Gasteiger partial charge in [0.2, 0.25) is 5.92 Å². The number of benzene rings is 1. The van der Waals surface area contributed by atoms with Crippen LogP contribution in [0.1, 0.15) is 50.2 Å². The summed E-state index contributed by atoms with van der Waals surface area (Å²) >= 11 is 0. The molecule has 0 amide bonds. The molecule has 1 aliphatic rings. The van der Waals surface area contributed by atoms with Gasteiger partial charge >= 0.3 is 5.97 Å². The van der Waals surface area contributed by atoms with E-state index in [1.807, 2.05) is 12.1 Å². The lowest BCUT2D eigenvalue weighted by atomic mass is 9.78. The van der Waals surface area contributed by atoms with Crippen LogP contribution in [0.4, 0.5) is 8.78 Å². The summed E-state index contributed by atoms with van der Waals surface area (Å²) < 4.78 is 31.3. The lowest BCUT2D eigenvalue weighted by Gasteiger charge is -2.36. The Labute approximate surface area is 141 Å². The second kappa shape index (κ2) is 8.03. The zero-order chi connectivity index (χ0) is 17.6. The second-order valence-corrected chi connectivity index (χ2v) is 6.32. The van der Waals surface area contributed by atoms with Gasteiger partial charge in [0.05, 0.1) is 18.6 Å². The highest BCUT2D eigenvalue weighted by Gasteiger charge is 2.43. The van der Waals surface area contributed by atoms with Gasteiger partial charge in [-0.05, 0) is 30.9 Å². The van der Waals surface area contributed by atoms with Gasteiger partial charge in [0, 0.05) is 25.9 Å². The molecule has 0 aromatic heterocycles. The first-order chi connectivity index (χ1) is 11.3. The van der Waals surface area contributed by atoms with E-state index < -0.39 is 11.5 Å². The van der Waals surface area contributed by atoms with Crippen molar-refractivity contribution in [2.45, 2.75) is 57.1 Å². The third-order valence-electron chi connectivity index (χ3n) is 4.44. The molecule has 1 aliphatic carbocycles. The summed E-state index contributed by atoms with van der Waals surface area (Å²) in [5.41, 5.74) is 0.540. The Bertz CT molecular complexity index is 536. The molecule has 1 aromatic rings. The molecule has 0 heterocycles. The van der Waals surface area contributed by atoms with Crippen LogP contribution < -0.4 is 5.32 Å². The lowest BCUT2D eigenvalue weighted by molar-refractivity contribution is -0.142. The first-order valence-corrected chi connectivity index (χ1v) is 8.41. The van der Waals surface area contributed by atoms with Gasteiger partial charge < -0.3 is 15.2 Å². The number of carbonyl (C=O) groups excluding carboxylic acids is 1. The summed E-state index contributed by atoms with van der Waals surface area (Å²) in [4.78, 5) is 11.2.